The van der Waals surface area contributed by atoms with E-state index >= 15 is 0 Å². The molecule has 0 atom stereocenters. The van der Waals surface area contributed by atoms with Gasteiger partial charge in [0, 0.05) is 17.3 Å². The van der Waals surface area contributed by atoms with Gasteiger partial charge >= 0.3 is 0 Å². The molecule has 0 saturated heterocycles. The predicted octanol–water partition coefficient (Wildman–Crippen LogP) is 5.85. The van der Waals surface area contributed by atoms with Crippen molar-refractivity contribution in [3.63, 3.8) is 0 Å². The number of halogens is 1. The third-order valence-electron chi connectivity index (χ3n) is 4.78. The van der Waals surface area contributed by atoms with E-state index in [2.05, 4.69) is 4.98 Å². The summed E-state index contributed by atoms with van der Waals surface area (Å²) in [5, 5.41) is 1.16. The van der Waals surface area contributed by atoms with Gasteiger partial charge in [0.2, 0.25) is 5.91 Å². The molecule has 0 aliphatic carbocycles. The first-order valence-electron chi connectivity index (χ1n) is 9.54. The number of thiazole rings is 1. The molecule has 5 nitrogen and oxygen atoms in total. The van der Waals surface area contributed by atoms with Crippen molar-refractivity contribution in [1.29, 1.82) is 0 Å². The highest BCUT2D eigenvalue weighted by molar-refractivity contribution is 7.98. The second-order valence-corrected chi connectivity index (χ2v) is 9.05. The number of fused-ring (bicyclic) bond motifs is 1. The number of ether oxygens (including phenoxy) is 1. The number of nitrogens with zero attached hydrogens (tertiary/aromatic N) is 3. The second-order valence-electron chi connectivity index (χ2n) is 6.79. The van der Waals surface area contributed by atoms with Crippen LogP contribution in [0.4, 0.5) is 5.13 Å². The van der Waals surface area contributed by atoms with Crippen molar-refractivity contribution in [2.45, 2.75) is 17.9 Å². The average Bonchev–Trinajstić information content (AvgIpc) is 3.25. The molecule has 8 heteroatoms. The SMILES string of the molecule is COc1ccc(Cl)c2sc(N(Cc3cccnc3)C(=O)Cc3ccc(SC)cc3)nc12. The second kappa shape index (κ2) is 9.68. The summed E-state index contributed by atoms with van der Waals surface area (Å²) in [5.41, 5.74) is 2.53. The predicted molar refractivity (Wildman–Crippen MR) is 129 cm³/mol. The van der Waals surface area contributed by atoms with Crippen molar-refractivity contribution >= 4 is 56.0 Å². The summed E-state index contributed by atoms with van der Waals surface area (Å²) in [5.74, 6) is 0.582. The third-order valence-corrected chi connectivity index (χ3v) is 7.06. The number of pyridine rings is 1. The van der Waals surface area contributed by atoms with E-state index in [1.807, 2.05) is 42.7 Å². The Morgan fingerprint density at radius 1 is 1.16 bits per heavy atom. The molecule has 0 radical (unpaired) electrons. The highest BCUT2D eigenvalue weighted by atomic mass is 35.5. The number of carbonyl (C=O) groups excluding carboxylic acids is 1. The molecule has 0 unspecified atom stereocenters. The Kier molecular flexibility index (Phi) is 6.75. The first-order chi connectivity index (χ1) is 15.1. The smallest absolute Gasteiger partial charge is 0.233 e. The molecule has 0 aliphatic rings. The quantitative estimate of drug-likeness (QED) is 0.318. The number of anilines is 1. The third kappa shape index (κ3) is 4.84. The van der Waals surface area contributed by atoms with Crippen LogP contribution in [-0.2, 0) is 17.8 Å². The Balaban J connectivity index is 1.71. The van der Waals surface area contributed by atoms with Gasteiger partial charge in [0.15, 0.2) is 5.13 Å². The fourth-order valence-corrected chi connectivity index (χ4v) is 4.85. The van der Waals surface area contributed by atoms with Crippen molar-refractivity contribution < 1.29 is 9.53 Å². The molecular weight excluding hydrogens is 450 g/mol. The number of rotatable bonds is 7. The van der Waals surface area contributed by atoms with Crippen molar-refractivity contribution in [3.8, 4) is 5.75 Å². The van der Waals surface area contributed by atoms with Gasteiger partial charge in [-0.2, -0.15) is 0 Å². The maximum absolute atomic E-state index is 13.4. The Bertz CT molecular complexity index is 1200. The van der Waals surface area contributed by atoms with Crippen LogP contribution in [0.1, 0.15) is 11.1 Å². The number of methoxy groups -OCH3 is 1. The van der Waals surface area contributed by atoms with E-state index in [0.717, 1.165) is 20.7 Å². The van der Waals surface area contributed by atoms with E-state index in [1.54, 1.807) is 48.3 Å². The van der Waals surface area contributed by atoms with Crippen molar-refractivity contribution in [2.24, 2.45) is 0 Å². The minimum atomic E-state index is -0.0464. The maximum atomic E-state index is 13.4. The van der Waals surface area contributed by atoms with E-state index in [4.69, 9.17) is 21.3 Å². The van der Waals surface area contributed by atoms with Gasteiger partial charge in [0.1, 0.15) is 11.3 Å². The van der Waals surface area contributed by atoms with Crippen LogP contribution in [0.2, 0.25) is 5.02 Å². The zero-order valence-corrected chi connectivity index (χ0v) is 19.4. The number of hydrogen-bond acceptors (Lipinski definition) is 6. The van der Waals surface area contributed by atoms with E-state index in [1.165, 1.54) is 11.3 Å². The van der Waals surface area contributed by atoms with E-state index in [0.29, 0.717) is 28.0 Å². The zero-order valence-electron chi connectivity index (χ0n) is 17.0. The number of amides is 1. The summed E-state index contributed by atoms with van der Waals surface area (Å²) < 4.78 is 6.24. The Hall–Kier alpha value is -2.61. The van der Waals surface area contributed by atoms with Gasteiger partial charge in [-0.25, -0.2) is 4.98 Å². The molecule has 0 aliphatic heterocycles. The molecule has 4 aromatic rings. The van der Waals surface area contributed by atoms with Gasteiger partial charge in [0.05, 0.1) is 29.8 Å². The topological polar surface area (TPSA) is 55.3 Å². The first-order valence-corrected chi connectivity index (χ1v) is 12.0. The van der Waals surface area contributed by atoms with Crippen LogP contribution in [0.25, 0.3) is 10.2 Å². The summed E-state index contributed by atoms with van der Waals surface area (Å²) in [4.78, 5) is 25.1. The monoisotopic (exact) mass is 469 g/mol. The Morgan fingerprint density at radius 2 is 1.97 bits per heavy atom. The highest BCUT2D eigenvalue weighted by Gasteiger charge is 2.22. The van der Waals surface area contributed by atoms with Gasteiger partial charge in [0.25, 0.3) is 0 Å². The molecule has 0 bridgehead atoms. The molecule has 2 aromatic heterocycles. The minimum absolute atomic E-state index is 0.0464. The number of benzene rings is 2. The number of thioether (sulfide) groups is 1. The number of carbonyl (C=O) groups is 1. The van der Waals surface area contributed by atoms with E-state index in [9.17, 15) is 4.79 Å². The lowest BCUT2D eigenvalue weighted by molar-refractivity contribution is -0.118. The molecule has 4 rings (SSSR count). The van der Waals surface area contributed by atoms with Crippen molar-refractivity contribution in [1.82, 2.24) is 9.97 Å². The maximum Gasteiger partial charge on any atom is 0.233 e. The molecule has 0 N–H and O–H groups in total. The highest BCUT2D eigenvalue weighted by Crippen LogP contribution is 2.39. The minimum Gasteiger partial charge on any atom is -0.494 e. The van der Waals surface area contributed by atoms with Gasteiger partial charge < -0.3 is 4.74 Å². The van der Waals surface area contributed by atoms with Crippen LogP contribution < -0.4 is 9.64 Å². The lowest BCUT2D eigenvalue weighted by Gasteiger charge is -2.20. The molecule has 2 heterocycles. The average molecular weight is 470 g/mol. The molecule has 0 fully saturated rings. The molecular formula is C23H20ClN3O2S2. The fourth-order valence-electron chi connectivity index (χ4n) is 3.17. The standard InChI is InChI=1S/C23H20ClN3O2S2/c1-29-19-10-9-18(24)22-21(19)26-23(31-22)27(14-16-4-3-11-25-13-16)20(28)12-15-5-7-17(30-2)8-6-15/h3-11,13H,12,14H2,1-2H3. The largest absolute Gasteiger partial charge is 0.494 e. The van der Waals surface area contributed by atoms with Crippen LogP contribution in [0, 0.1) is 0 Å². The van der Waals surface area contributed by atoms with Crippen molar-refractivity contribution in [2.75, 3.05) is 18.3 Å². The molecule has 1 amide bonds. The van der Waals surface area contributed by atoms with Gasteiger partial charge in [-0.15, -0.1) is 11.8 Å². The van der Waals surface area contributed by atoms with E-state index < -0.39 is 0 Å². The van der Waals surface area contributed by atoms with Gasteiger partial charge in [-0.3, -0.25) is 14.7 Å². The first kappa shape index (κ1) is 21.6. The van der Waals surface area contributed by atoms with Crippen LogP contribution in [-0.4, -0.2) is 29.2 Å². The summed E-state index contributed by atoms with van der Waals surface area (Å²) in [7, 11) is 1.60. The van der Waals surface area contributed by atoms with Crippen LogP contribution in [0.3, 0.4) is 0 Å². The molecule has 158 valence electrons. The van der Waals surface area contributed by atoms with Crippen molar-refractivity contribution in [3.05, 3.63) is 77.1 Å². The van der Waals surface area contributed by atoms with Gasteiger partial charge in [-0.05, 0) is 47.7 Å². The Morgan fingerprint density at radius 3 is 2.65 bits per heavy atom. The lowest BCUT2D eigenvalue weighted by Crippen LogP contribution is -2.31. The molecule has 0 spiro atoms. The number of aromatic nitrogens is 2. The summed E-state index contributed by atoms with van der Waals surface area (Å²) in [6.07, 6.45) is 5.78. The van der Waals surface area contributed by atoms with Gasteiger partial charge in [-0.1, -0.05) is 41.1 Å². The molecule has 31 heavy (non-hydrogen) atoms. The van der Waals surface area contributed by atoms with E-state index in [-0.39, 0.29) is 12.3 Å². The molecule has 2 aromatic carbocycles. The summed E-state index contributed by atoms with van der Waals surface area (Å²) >= 11 is 9.46. The lowest BCUT2D eigenvalue weighted by atomic mass is 10.1. The van der Waals surface area contributed by atoms with Crippen LogP contribution in [0.15, 0.2) is 65.8 Å². The van der Waals surface area contributed by atoms with Crippen LogP contribution >= 0.6 is 34.7 Å². The summed E-state index contributed by atoms with van der Waals surface area (Å²) in [6, 6.07) is 15.4. The fraction of sp³-hybridized carbons (Fsp3) is 0.174. The van der Waals surface area contributed by atoms with Crippen LogP contribution in [0.5, 0.6) is 5.75 Å². The number of hydrogen-bond donors (Lipinski definition) is 0. The summed E-state index contributed by atoms with van der Waals surface area (Å²) in [6.45, 7) is 0.370. The zero-order chi connectivity index (χ0) is 21.8. The Labute approximate surface area is 194 Å². The molecule has 0 saturated carbocycles. The normalized spacial score (nSPS) is 10.9.